The SMILES string of the molecule is CC(=CC(C)=C1C=CC(=[N+](C)C)C=C1)c1ccc(N(C)C)cc1. The van der Waals surface area contributed by atoms with Crippen molar-refractivity contribution in [1.29, 1.82) is 0 Å². The Balaban J connectivity index is 2.24. The summed E-state index contributed by atoms with van der Waals surface area (Å²) >= 11 is 0. The van der Waals surface area contributed by atoms with Crippen LogP contribution in [0.15, 0.2) is 65.8 Å². The second-order valence-electron chi connectivity index (χ2n) is 6.39. The van der Waals surface area contributed by atoms with Gasteiger partial charge in [0.1, 0.15) is 14.1 Å². The summed E-state index contributed by atoms with van der Waals surface area (Å²) in [4.78, 5) is 2.12. The van der Waals surface area contributed by atoms with Gasteiger partial charge in [-0.2, -0.15) is 0 Å². The molecule has 2 rings (SSSR count). The van der Waals surface area contributed by atoms with Crippen LogP contribution in [0.25, 0.3) is 5.57 Å². The smallest absolute Gasteiger partial charge is 0.199 e. The van der Waals surface area contributed by atoms with Gasteiger partial charge in [-0.25, -0.2) is 4.58 Å². The summed E-state index contributed by atoms with van der Waals surface area (Å²) in [7, 11) is 8.25. The minimum absolute atomic E-state index is 1.22. The van der Waals surface area contributed by atoms with Gasteiger partial charge in [-0.05, 0) is 60.4 Å². The summed E-state index contributed by atoms with van der Waals surface area (Å²) in [6.45, 7) is 4.34. The van der Waals surface area contributed by atoms with Gasteiger partial charge < -0.3 is 4.90 Å². The number of allylic oxidation sites excluding steroid dienone is 8. The Morgan fingerprint density at radius 1 is 0.913 bits per heavy atom. The lowest BCUT2D eigenvalue weighted by Gasteiger charge is -2.13. The Morgan fingerprint density at radius 2 is 1.48 bits per heavy atom. The monoisotopic (exact) mass is 307 g/mol. The van der Waals surface area contributed by atoms with Crippen molar-refractivity contribution in [3.63, 3.8) is 0 Å². The number of hydrogen-bond donors (Lipinski definition) is 0. The van der Waals surface area contributed by atoms with Crippen molar-refractivity contribution in [2.45, 2.75) is 13.8 Å². The van der Waals surface area contributed by atoms with E-state index in [9.17, 15) is 0 Å². The fourth-order valence-electron chi connectivity index (χ4n) is 2.54. The summed E-state index contributed by atoms with van der Waals surface area (Å²) in [6.07, 6.45) is 10.9. The third kappa shape index (κ3) is 4.32. The topological polar surface area (TPSA) is 6.25 Å². The Kier molecular flexibility index (Phi) is 5.38. The molecule has 0 atom stereocenters. The highest BCUT2D eigenvalue weighted by atomic mass is 15.1. The molecule has 1 aliphatic carbocycles. The molecule has 23 heavy (non-hydrogen) atoms. The molecule has 1 aromatic carbocycles. The van der Waals surface area contributed by atoms with Gasteiger partial charge in [0.15, 0.2) is 5.71 Å². The molecule has 0 heterocycles. The molecule has 0 aromatic heterocycles. The van der Waals surface area contributed by atoms with E-state index >= 15 is 0 Å². The largest absolute Gasteiger partial charge is 0.378 e. The normalized spacial score (nSPS) is 14.3. The number of benzene rings is 1. The minimum atomic E-state index is 1.22. The first kappa shape index (κ1) is 17.0. The number of nitrogens with zero attached hydrogens (tertiary/aromatic N) is 2. The predicted molar refractivity (Wildman–Crippen MR) is 103 cm³/mol. The van der Waals surface area contributed by atoms with Gasteiger partial charge in [0.2, 0.25) is 0 Å². The van der Waals surface area contributed by atoms with Gasteiger partial charge in [-0.1, -0.05) is 18.2 Å². The second-order valence-corrected chi connectivity index (χ2v) is 6.39. The molecule has 0 saturated carbocycles. The van der Waals surface area contributed by atoms with Crippen molar-refractivity contribution in [3.8, 4) is 0 Å². The van der Waals surface area contributed by atoms with Crippen LogP contribution in [0, 0.1) is 0 Å². The molecular weight excluding hydrogens is 280 g/mol. The Labute approximate surface area is 140 Å². The maximum Gasteiger partial charge on any atom is 0.199 e. The number of anilines is 1. The third-order valence-corrected chi connectivity index (χ3v) is 4.11. The van der Waals surface area contributed by atoms with Crippen LogP contribution in [-0.4, -0.2) is 38.5 Å². The zero-order valence-electron chi connectivity index (χ0n) is 15.1. The molecule has 0 amide bonds. The second kappa shape index (κ2) is 7.28. The Hall–Kier alpha value is -2.35. The predicted octanol–water partition coefficient (Wildman–Crippen LogP) is 4.31. The number of hydrogen-bond acceptors (Lipinski definition) is 1. The summed E-state index contributed by atoms with van der Waals surface area (Å²) in [6, 6.07) is 8.69. The summed E-state index contributed by atoms with van der Waals surface area (Å²) < 4.78 is 2.12. The van der Waals surface area contributed by atoms with Crippen LogP contribution < -0.4 is 4.90 Å². The van der Waals surface area contributed by atoms with E-state index in [1.54, 1.807) is 0 Å². The lowest BCUT2D eigenvalue weighted by Crippen LogP contribution is -2.09. The Bertz CT molecular complexity index is 702. The Morgan fingerprint density at radius 3 is 1.96 bits per heavy atom. The third-order valence-electron chi connectivity index (χ3n) is 4.11. The molecule has 0 aliphatic heterocycles. The van der Waals surface area contributed by atoms with Crippen molar-refractivity contribution in [3.05, 3.63) is 71.4 Å². The molecule has 120 valence electrons. The molecule has 1 aromatic rings. The molecule has 2 nitrogen and oxygen atoms in total. The molecule has 0 spiro atoms. The first-order valence-electron chi connectivity index (χ1n) is 7.96. The lowest BCUT2D eigenvalue weighted by atomic mass is 9.99. The van der Waals surface area contributed by atoms with E-state index in [4.69, 9.17) is 0 Å². The quantitative estimate of drug-likeness (QED) is 0.754. The van der Waals surface area contributed by atoms with Crippen LogP contribution in [0.4, 0.5) is 5.69 Å². The standard InChI is InChI=1S/C21H27N2/c1-16(18-7-11-20(12-8-18)22(3)4)15-17(2)19-9-13-21(14-10-19)23(5)6/h7-15H,1-6H3/q+1. The highest BCUT2D eigenvalue weighted by Gasteiger charge is 2.06. The molecule has 2 heteroatoms. The highest BCUT2D eigenvalue weighted by Crippen LogP contribution is 2.22. The first-order valence-corrected chi connectivity index (χ1v) is 7.96. The van der Waals surface area contributed by atoms with Crippen molar-refractivity contribution in [1.82, 2.24) is 0 Å². The summed E-state index contributed by atoms with van der Waals surface area (Å²) in [5.41, 5.74) is 7.54. The fourth-order valence-corrected chi connectivity index (χ4v) is 2.54. The molecule has 0 N–H and O–H groups in total. The molecule has 0 bridgehead atoms. The van der Waals surface area contributed by atoms with Crippen molar-refractivity contribution < 1.29 is 4.58 Å². The van der Waals surface area contributed by atoms with E-state index in [1.165, 1.54) is 33.7 Å². The van der Waals surface area contributed by atoms with E-state index in [0.717, 1.165) is 0 Å². The van der Waals surface area contributed by atoms with Gasteiger partial charge in [0.05, 0.1) is 0 Å². The van der Waals surface area contributed by atoms with Gasteiger partial charge in [-0.3, -0.25) is 0 Å². The molecular formula is C21H27N2+. The van der Waals surface area contributed by atoms with E-state index < -0.39 is 0 Å². The van der Waals surface area contributed by atoms with Crippen molar-refractivity contribution >= 4 is 17.0 Å². The molecule has 0 fully saturated rings. The molecule has 1 aliphatic rings. The van der Waals surface area contributed by atoms with Crippen LogP contribution in [0.2, 0.25) is 0 Å². The summed E-state index contributed by atoms with van der Waals surface area (Å²) in [5, 5.41) is 0. The van der Waals surface area contributed by atoms with Crippen molar-refractivity contribution in [2.75, 3.05) is 33.1 Å². The zero-order chi connectivity index (χ0) is 17.0. The van der Waals surface area contributed by atoms with E-state index in [2.05, 4.69) is 106 Å². The molecule has 0 saturated heterocycles. The van der Waals surface area contributed by atoms with E-state index in [1.807, 2.05) is 0 Å². The van der Waals surface area contributed by atoms with Gasteiger partial charge in [0, 0.05) is 31.9 Å². The molecule has 0 radical (unpaired) electrons. The van der Waals surface area contributed by atoms with Crippen LogP contribution in [0.3, 0.4) is 0 Å². The van der Waals surface area contributed by atoms with Gasteiger partial charge >= 0.3 is 0 Å². The van der Waals surface area contributed by atoms with Gasteiger partial charge in [0.25, 0.3) is 0 Å². The first-order chi connectivity index (χ1) is 10.9. The molecule has 0 unspecified atom stereocenters. The van der Waals surface area contributed by atoms with E-state index in [0.29, 0.717) is 0 Å². The zero-order valence-corrected chi connectivity index (χ0v) is 15.1. The van der Waals surface area contributed by atoms with Gasteiger partial charge in [-0.15, -0.1) is 0 Å². The van der Waals surface area contributed by atoms with E-state index in [-0.39, 0.29) is 0 Å². The lowest BCUT2D eigenvalue weighted by molar-refractivity contribution is -0.462. The minimum Gasteiger partial charge on any atom is -0.378 e. The van der Waals surface area contributed by atoms with Crippen LogP contribution >= 0.6 is 0 Å². The van der Waals surface area contributed by atoms with Crippen LogP contribution in [0.1, 0.15) is 19.4 Å². The summed E-state index contributed by atoms with van der Waals surface area (Å²) in [5.74, 6) is 0. The van der Waals surface area contributed by atoms with Crippen LogP contribution in [0.5, 0.6) is 0 Å². The fraction of sp³-hybridized carbons (Fsp3) is 0.286. The maximum atomic E-state index is 2.26. The maximum absolute atomic E-state index is 2.26. The highest BCUT2D eigenvalue weighted by molar-refractivity contribution is 6.02. The average molecular weight is 307 g/mol. The average Bonchev–Trinajstić information content (AvgIpc) is 2.54. The van der Waals surface area contributed by atoms with Crippen molar-refractivity contribution in [2.24, 2.45) is 0 Å². The number of rotatable bonds is 3. The van der Waals surface area contributed by atoms with Crippen LogP contribution in [-0.2, 0) is 0 Å².